The lowest BCUT2D eigenvalue weighted by Gasteiger charge is -2.25. The molecule has 0 unspecified atom stereocenters. The lowest BCUT2D eigenvalue weighted by molar-refractivity contribution is -0.139. The molecule has 0 bridgehead atoms. The maximum absolute atomic E-state index is 13.9. The molecule has 2 aromatic carbocycles. The predicted octanol–water partition coefficient (Wildman–Crippen LogP) is 4.24. The molecule has 1 aromatic heterocycles. The fraction of sp³-hybridized carbons (Fsp3) is 0.276. The van der Waals surface area contributed by atoms with Gasteiger partial charge in [-0.1, -0.05) is 46.0 Å². The second kappa shape index (κ2) is 12.6. The van der Waals surface area contributed by atoms with E-state index in [-0.39, 0.29) is 29.2 Å². The van der Waals surface area contributed by atoms with Gasteiger partial charge in [-0.3, -0.25) is 9.36 Å². The summed E-state index contributed by atoms with van der Waals surface area (Å²) in [5.41, 5.74) is 1.63. The van der Waals surface area contributed by atoms with Crippen molar-refractivity contribution in [1.82, 2.24) is 4.57 Å². The minimum atomic E-state index is -0.817. The van der Waals surface area contributed by atoms with Crippen molar-refractivity contribution in [2.24, 2.45) is 4.99 Å². The Morgan fingerprint density at radius 2 is 1.95 bits per heavy atom. The van der Waals surface area contributed by atoms with Gasteiger partial charge in [-0.25, -0.2) is 9.79 Å². The molecule has 0 spiro atoms. The zero-order chi connectivity index (χ0) is 29.0. The van der Waals surface area contributed by atoms with Crippen LogP contribution in [-0.2, 0) is 9.53 Å². The van der Waals surface area contributed by atoms with E-state index < -0.39 is 12.0 Å². The fourth-order valence-electron chi connectivity index (χ4n) is 4.31. The lowest BCUT2D eigenvalue weighted by Crippen LogP contribution is -2.40. The maximum atomic E-state index is 13.9. The third-order valence-corrected chi connectivity index (χ3v) is 7.71. The summed E-state index contributed by atoms with van der Waals surface area (Å²) in [4.78, 5) is 32.2. The van der Waals surface area contributed by atoms with Gasteiger partial charge in [0.05, 0.1) is 42.2 Å². The van der Waals surface area contributed by atoms with Gasteiger partial charge in [0.1, 0.15) is 6.61 Å². The van der Waals surface area contributed by atoms with Crippen molar-refractivity contribution < 1.29 is 28.8 Å². The number of phenols is 1. The SMILES string of the molecule is C=CCOc1ccc([C@@H]2C(C(=O)OCC)=C(C)N=c3s/c(=C/c4cc(OC)c(O)cc4Br)c(=O)n32)cc1OCC. The summed E-state index contributed by atoms with van der Waals surface area (Å²) in [6, 6.07) is 7.62. The van der Waals surface area contributed by atoms with E-state index in [4.69, 9.17) is 18.9 Å². The number of rotatable bonds is 10. The molecule has 0 aliphatic carbocycles. The molecule has 4 rings (SSSR count). The molecule has 1 aliphatic rings. The Balaban J connectivity index is 1.96. The average molecular weight is 630 g/mol. The standard InChI is InChI=1S/C29H29BrN2O7S/c1-6-11-39-21-10-9-17(12-23(21)37-7-2)26-25(28(35)38-8-3)16(4)31-29-32(26)27(34)24(40-29)14-18-13-22(36-5)20(33)15-19(18)30/h6,9-10,12-15,26,33H,1,7-8,11H2,2-5H3/b24-14+/t26-/m1/s1. The highest BCUT2D eigenvalue weighted by Gasteiger charge is 2.34. The van der Waals surface area contributed by atoms with E-state index in [1.807, 2.05) is 6.92 Å². The minimum Gasteiger partial charge on any atom is -0.504 e. The molecule has 40 heavy (non-hydrogen) atoms. The number of allylic oxidation sites excluding steroid dienone is 1. The van der Waals surface area contributed by atoms with Crippen molar-refractivity contribution >= 4 is 39.3 Å². The number of thiazole rings is 1. The van der Waals surface area contributed by atoms with Crippen molar-refractivity contribution in [3.8, 4) is 23.0 Å². The number of hydrogen-bond donors (Lipinski definition) is 1. The van der Waals surface area contributed by atoms with Crippen LogP contribution >= 0.6 is 27.3 Å². The number of carbonyl (C=O) groups excluding carboxylic acids is 1. The zero-order valence-electron chi connectivity index (χ0n) is 22.5. The maximum Gasteiger partial charge on any atom is 0.338 e. The number of esters is 1. The van der Waals surface area contributed by atoms with Gasteiger partial charge in [0.2, 0.25) is 0 Å². The molecule has 1 atom stereocenters. The predicted molar refractivity (Wildman–Crippen MR) is 156 cm³/mol. The number of hydrogen-bond acceptors (Lipinski definition) is 9. The first-order chi connectivity index (χ1) is 19.2. The highest BCUT2D eigenvalue weighted by Crippen LogP contribution is 2.37. The van der Waals surface area contributed by atoms with Crippen molar-refractivity contribution in [3.63, 3.8) is 0 Å². The van der Waals surface area contributed by atoms with Crippen LogP contribution in [0.4, 0.5) is 0 Å². The molecule has 2 heterocycles. The van der Waals surface area contributed by atoms with Gasteiger partial charge >= 0.3 is 5.97 Å². The molecule has 0 saturated heterocycles. The van der Waals surface area contributed by atoms with Gasteiger partial charge in [-0.15, -0.1) is 0 Å². The van der Waals surface area contributed by atoms with Crippen LogP contribution in [0.2, 0.25) is 0 Å². The number of aromatic hydroxyl groups is 1. The fourth-order valence-corrected chi connectivity index (χ4v) is 5.80. The molecule has 3 aromatic rings. The normalized spacial score (nSPS) is 14.8. The van der Waals surface area contributed by atoms with E-state index in [0.29, 0.717) is 55.3 Å². The molecule has 1 aliphatic heterocycles. The molecular weight excluding hydrogens is 600 g/mol. The topological polar surface area (TPSA) is 109 Å². The largest absolute Gasteiger partial charge is 0.504 e. The number of phenolic OH excluding ortho intramolecular Hbond substituents is 1. The molecule has 9 nitrogen and oxygen atoms in total. The van der Waals surface area contributed by atoms with Gasteiger partial charge in [0.25, 0.3) is 5.56 Å². The smallest absolute Gasteiger partial charge is 0.338 e. The highest BCUT2D eigenvalue weighted by atomic mass is 79.9. The molecule has 11 heteroatoms. The van der Waals surface area contributed by atoms with Gasteiger partial charge in [-0.05, 0) is 62.2 Å². The van der Waals surface area contributed by atoms with Gasteiger partial charge in [0, 0.05) is 4.47 Å². The Hall–Kier alpha value is -3.83. The van der Waals surface area contributed by atoms with Gasteiger partial charge < -0.3 is 24.1 Å². The van der Waals surface area contributed by atoms with E-state index in [9.17, 15) is 14.7 Å². The highest BCUT2D eigenvalue weighted by molar-refractivity contribution is 9.10. The summed E-state index contributed by atoms with van der Waals surface area (Å²) in [6.07, 6.45) is 3.32. The summed E-state index contributed by atoms with van der Waals surface area (Å²) >= 11 is 4.63. The van der Waals surface area contributed by atoms with Crippen LogP contribution in [0.3, 0.4) is 0 Å². The van der Waals surface area contributed by atoms with Crippen LogP contribution in [0.1, 0.15) is 37.9 Å². The number of carbonyl (C=O) groups is 1. The summed E-state index contributed by atoms with van der Waals surface area (Å²) in [6.45, 7) is 9.84. The van der Waals surface area contributed by atoms with Crippen LogP contribution in [-0.4, -0.2) is 42.6 Å². The van der Waals surface area contributed by atoms with Gasteiger partial charge in [0.15, 0.2) is 27.8 Å². The molecule has 210 valence electrons. The quantitative estimate of drug-likeness (QED) is 0.264. The summed E-state index contributed by atoms with van der Waals surface area (Å²) in [7, 11) is 1.45. The minimum absolute atomic E-state index is 0.0340. The van der Waals surface area contributed by atoms with E-state index in [1.165, 1.54) is 29.1 Å². The zero-order valence-corrected chi connectivity index (χ0v) is 24.9. The molecule has 0 amide bonds. The van der Waals surface area contributed by atoms with Crippen molar-refractivity contribution in [2.75, 3.05) is 26.9 Å². The Morgan fingerprint density at radius 3 is 2.62 bits per heavy atom. The van der Waals surface area contributed by atoms with E-state index in [2.05, 4.69) is 27.5 Å². The Kier molecular flexibility index (Phi) is 9.16. The first kappa shape index (κ1) is 29.2. The van der Waals surface area contributed by atoms with Crippen LogP contribution in [0, 0.1) is 0 Å². The van der Waals surface area contributed by atoms with E-state index >= 15 is 0 Å². The molecule has 0 fully saturated rings. The van der Waals surface area contributed by atoms with Crippen LogP contribution in [0.15, 0.2) is 68.5 Å². The monoisotopic (exact) mass is 628 g/mol. The summed E-state index contributed by atoms with van der Waals surface area (Å²) in [5.74, 6) is 0.666. The van der Waals surface area contributed by atoms with Crippen molar-refractivity contribution in [3.05, 3.63) is 89.5 Å². The number of halogens is 1. The number of ether oxygens (including phenoxy) is 4. The number of benzene rings is 2. The Bertz CT molecular complexity index is 1670. The third kappa shape index (κ3) is 5.71. The lowest BCUT2D eigenvalue weighted by atomic mass is 9.95. The van der Waals surface area contributed by atoms with Crippen molar-refractivity contribution in [1.29, 1.82) is 0 Å². The van der Waals surface area contributed by atoms with E-state index in [1.54, 1.807) is 50.3 Å². The first-order valence-electron chi connectivity index (χ1n) is 12.5. The molecular formula is C29H29BrN2O7S. The van der Waals surface area contributed by atoms with Gasteiger partial charge in [-0.2, -0.15) is 0 Å². The third-order valence-electron chi connectivity index (χ3n) is 6.04. The Labute approximate surface area is 243 Å². The Morgan fingerprint density at radius 1 is 1.18 bits per heavy atom. The second-order valence-electron chi connectivity index (χ2n) is 8.59. The molecule has 0 radical (unpaired) electrons. The summed E-state index contributed by atoms with van der Waals surface area (Å²) < 4.78 is 24.7. The number of fused-ring (bicyclic) bond motifs is 1. The molecule has 0 saturated carbocycles. The summed E-state index contributed by atoms with van der Waals surface area (Å²) in [5, 5.41) is 10.1. The van der Waals surface area contributed by atoms with Crippen LogP contribution in [0.5, 0.6) is 23.0 Å². The van der Waals surface area contributed by atoms with Crippen molar-refractivity contribution in [2.45, 2.75) is 26.8 Å². The van der Waals surface area contributed by atoms with Crippen LogP contribution < -0.4 is 29.1 Å². The first-order valence-corrected chi connectivity index (χ1v) is 14.1. The second-order valence-corrected chi connectivity index (χ2v) is 10.5. The number of methoxy groups -OCH3 is 1. The number of nitrogens with zero attached hydrogens (tertiary/aromatic N) is 2. The van der Waals surface area contributed by atoms with E-state index in [0.717, 1.165) is 0 Å². The molecule has 1 N–H and O–H groups in total. The average Bonchev–Trinajstić information content (AvgIpc) is 3.23. The van der Waals surface area contributed by atoms with Crippen LogP contribution in [0.25, 0.3) is 6.08 Å². The number of aromatic nitrogens is 1.